The van der Waals surface area contributed by atoms with Gasteiger partial charge >= 0.3 is 0 Å². The lowest BCUT2D eigenvalue weighted by Gasteiger charge is -2.26. The molecule has 0 aliphatic carbocycles. The molecule has 0 fully saturated rings. The molecule has 64 heavy (non-hydrogen) atoms. The van der Waals surface area contributed by atoms with E-state index in [9.17, 15) is 0 Å². The van der Waals surface area contributed by atoms with Crippen molar-refractivity contribution in [1.82, 2.24) is 0 Å². The van der Waals surface area contributed by atoms with E-state index in [2.05, 4.69) is 208 Å². The summed E-state index contributed by atoms with van der Waals surface area (Å²) < 4.78 is 11.1. The molecule has 8 aromatic carbocycles. The van der Waals surface area contributed by atoms with E-state index in [-0.39, 0.29) is 0 Å². The van der Waals surface area contributed by atoms with E-state index < -0.39 is 0 Å². The van der Waals surface area contributed by atoms with Crippen LogP contribution >= 0.6 is 0 Å². The van der Waals surface area contributed by atoms with E-state index >= 15 is 0 Å². The number of nitrogen functional groups attached to an aromatic ring is 1. The van der Waals surface area contributed by atoms with Gasteiger partial charge in [-0.15, -0.1) is 0 Å². The molecule has 5 nitrogen and oxygen atoms in total. The molecular weight excluding hydrogens is 783 g/mol. The normalized spacial score (nSPS) is 10.5. The first-order valence-corrected chi connectivity index (χ1v) is 21.3. The number of hydrogen-bond donors (Lipinski definition) is 1. The number of hydrogen-bond acceptors (Lipinski definition) is 5. The van der Waals surface area contributed by atoms with Crippen molar-refractivity contribution in [2.24, 2.45) is 0 Å². The monoisotopic (exact) mass is 839 g/mol. The highest BCUT2D eigenvalue weighted by Crippen LogP contribution is 2.38. The van der Waals surface area contributed by atoms with Gasteiger partial charge in [0.15, 0.2) is 0 Å². The maximum absolute atomic E-state index is 6.05. The lowest BCUT2D eigenvalue weighted by Crippen LogP contribution is -2.10. The molecule has 0 saturated heterocycles. The van der Waals surface area contributed by atoms with E-state index in [1.54, 1.807) is 19.1 Å². The molecule has 320 valence electrons. The zero-order valence-corrected chi connectivity index (χ0v) is 37.5. The van der Waals surface area contributed by atoms with Gasteiger partial charge in [0.25, 0.3) is 0 Å². The van der Waals surface area contributed by atoms with Crippen LogP contribution in [0.1, 0.15) is 30.5 Å². The molecule has 0 bridgehead atoms. The first-order valence-electron chi connectivity index (χ1n) is 21.3. The Morgan fingerprint density at radius 1 is 0.438 bits per heavy atom. The average Bonchev–Trinajstić information content (AvgIpc) is 3.31. The van der Waals surface area contributed by atoms with Gasteiger partial charge in [-0.3, -0.25) is 0 Å². The lowest BCUT2D eigenvalue weighted by molar-refractivity contribution is 0.311. The van der Waals surface area contributed by atoms with Crippen LogP contribution in [-0.4, -0.2) is 0 Å². The fourth-order valence-corrected chi connectivity index (χ4v) is 6.80. The Kier molecular flexibility index (Phi) is 16.2. The minimum Gasteiger partial charge on any atom is -0.467 e. The molecule has 0 saturated carbocycles. The Hall–Kier alpha value is -8.02. The van der Waals surface area contributed by atoms with Gasteiger partial charge in [-0.25, -0.2) is 0 Å². The highest BCUT2D eigenvalue weighted by molar-refractivity contribution is 5.81. The van der Waals surface area contributed by atoms with Gasteiger partial charge in [-0.05, 0) is 161 Å². The van der Waals surface area contributed by atoms with Gasteiger partial charge in [-0.1, -0.05) is 133 Å². The number of rotatable bonds is 12. The molecule has 0 radical (unpaired) electrons. The molecule has 0 aliphatic heterocycles. The summed E-state index contributed by atoms with van der Waals surface area (Å²) >= 11 is 0. The minimum absolute atomic E-state index is 0.700. The molecular formula is C59H57N3O2. The molecule has 0 spiro atoms. The number of ether oxygens (including phenoxy) is 2. The summed E-state index contributed by atoms with van der Waals surface area (Å²) in [4.78, 5) is 4.54. The maximum atomic E-state index is 6.05. The van der Waals surface area contributed by atoms with Crippen molar-refractivity contribution in [2.75, 3.05) is 15.5 Å². The number of nitrogens with two attached hydrogens (primary N) is 1. The standard InChI is InChI=1S/C43H35N3O.C8H12O.C8H10/c1-32-12-20-38(21-13-32)45(36-8-4-2-5-9-36)39-22-14-33(15-23-39)34-16-24-40(25-17-34)46(37-10-6-3-7-11-37)41-26-30-43(31-27-41)47-42-28-18-35(44)19-29-42;1-5-6-8(4)9-7(2)3;1-7-3-5-8(2)6-4-7/h2-31H,44H2,1H3;5-6H,1-2H2,3-4H3;3-6H,1-2H3/b;8-6+;. The van der Waals surface area contributed by atoms with Crippen LogP contribution in [-0.2, 0) is 4.74 Å². The number of anilines is 7. The number of benzene rings is 8. The topological polar surface area (TPSA) is 51.0 Å². The fourth-order valence-electron chi connectivity index (χ4n) is 6.80. The predicted octanol–water partition coefficient (Wildman–Crippen LogP) is 16.9. The summed E-state index contributed by atoms with van der Waals surface area (Å²) in [5.74, 6) is 3.03. The zero-order valence-electron chi connectivity index (χ0n) is 37.5. The average molecular weight is 840 g/mol. The number of allylic oxidation sites excluding steroid dienone is 4. The Morgan fingerprint density at radius 3 is 1.11 bits per heavy atom. The predicted molar refractivity (Wildman–Crippen MR) is 273 cm³/mol. The lowest BCUT2D eigenvalue weighted by atomic mass is 10.0. The molecule has 0 amide bonds. The van der Waals surface area contributed by atoms with Gasteiger partial charge in [-0.2, -0.15) is 0 Å². The van der Waals surface area contributed by atoms with Gasteiger partial charge in [0.1, 0.15) is 17.3 Å². The van der Waals surface area contributed by atoms with Crippen LogP contribution in [0.4, 0.5) is 39.8 Å². The molecule has 5 heteroatoms. The fraction of sp³-hybridized carbons (Fsp3) is 0.0847. The van der Waals surface area contributed by atoms with Crippen molar-refractivity contribution < 1.29 is 9.47 Å². The largest absolute Gasteiger partial charge is 0.467 e. The van der Waals surface area contributed by atoms with Gasteiger partial charge in [0.05, 0.1) is 5.76 Å². The molecule has 8 aromatic rings. The van der Waals surface area contributed by atoms with E-state index in [1.807, 2.05) is 49.4 Å². The Morgan fingerprint density at radius 2 is 0.750 bits per heavy atom. The summed E-state index contributed by atoms with van der Waals surface area (Å²) in [7, 11) is 0. The summed E-state index contributed by atoms with van der Waals surface area (Å²) in [5.41, 5.74) is 19.3. The molecule has 2 N–H and O–H groups in total. The minimum atomic E-state index is 0.700. The van der Waals surface area contributed by atoms with E-state index in [0.717, 1.165) is 62.5 Å². The van der Waals surface area contributed by atoms with Crippen LogP contribution in [0.2, 0.25) is 0 Å². The van der Waals surface area contributed by atoms with Gasteiger partial charge in [0, 0.05) is 39.8 Å². The third kappa shape index (κ3) is 13.2. The van der Waals surface area contributed by atoms with Crippen LogP contribution in [0.5, 0.6) is 11.5 Å². The molecule has 0 unspecified atom stereocenters. The molecule has 8 rings (SSSR count). The molecule has 0 aliphatic rings. The maximum Gasteiger partial charge on any atom is 0.127 e. The quantitative estimate of drug-likeness (QED) is 0.0754. The highest BCUT2D eigenvalue weighted by atomic mass is 16.5. The first kappa shape index (κ1) is 45.5. The van der Waals surface area contributed by atoms with Crippen molar-refractivity contribution in [3.63, 3.8) is 0 Å². The number of aryl methyl sites for hydroxylation is 3. The Balaban J connectivity index is 0.000000336. The van der Waals surface area contributed by atoms with E-state index in [4.69, 9.17) is 15.2 Å². The zero-order chi connectivity index (χ0) is 45.3. The van der Waals surface area contributed by atoms with Crippen LogP contribution in [0.3, 0.4) is 0 Å². The van der Waals surface area contributed by atoms with Crippen LogP contribution < -0.4 is 20.3 Å². The first-order chi connectivity index (χ1) is 31.1. The van der Waals surface area contributed by atoms with Crippen molar-refractivity contribution in [1.29, 1.82) is 0 Å². The van der Waals surface area contributed by atoms with Crippen LogP contribution in [0.25, 0.3) is 11.1 Å². The van der Waals surface area contributed by atoms with E-state index in [0.29, 0.717) is 11.4 Å². The summed E-state index contributed by atoms with van der Waals surface area (Å²) in [6, 6.07) is 71.1. The number of nitrogens with zero attached hydrogens (tertiary/aromatic N) is 2. The van der Waals surface area contributed by atoms with Crippen molar-refractivity contribution in [2.45, 2.75) is 34.6 Å². The highest BCUT2D eigenvalue weighted by Gasteiger charge is 2.15. The second kappa shape index (κ2) is 22.7. The number of para-hydroxylation sites is 2. The Bertz CT molecular complexity index is 2670. The van der Waals surface area contributed by atoms with Gasteiger partial charge in [0.2, 0.25) is 0 Å². The molecule has 0 aromatic heterocycles. The third-order valence-corrected chi connectivity index (χ3v) is 10.0. The smallest absolute Gasteiger partial charge is 0.127 e. The van der Waals surface area contributed by atoms with Crippen molar-refractivity contribution in [3.8, 4) is 22.6 Å². The van der Waals surface area contributed by atoms with Crippen LogP contribution in [0.15, 0.2) is 243 Å². The molecule has 0 heterocycles. The van der Waals surface area contributed by atoms with Crippen LogP contribution in [0, 0.1) is 20.8 Å². The molecule has 0 atom stereocenters. The second-order valence-electron chi connectivity index (χ2n) is 15.4. The second-order valence-corrected chi connectivity index (χ2v) is 15.4. The van der Waals surface area contributed by atoms with Crippen molar-refractivity contribution >= 4 is 39.8 Å². The summed E-state index contributed by atoms with van der Waals surface area (Å²) in [6.45, 7) is 17.1. The van der Waals surface area contributed by atoms with E-state index in [1.165, 1.54) is 16.7 Å². The summed E-state index contributed by atoms with van der Waals surface area (Å²) in [6.07, 6.45) is 3.47. The van der Waals surface area contributed by atoms with Crippen molar-refractivity contribution in [3.05, 3.63) is 260 Å². The Labute approximate surface area is 380 Å². The SMILES string of the molecule is C=C/C=C(\C)OC(=C)C.Cc1ccc(C)cc1.Cc1ccc(N(c2ccccc2)c2ccc(-c3ccc(N(c4ccccc4)c4ccc(Oc5ccc(N)cc5)cc4)cc3)cc2)cc1. The third-order valence-electron chi connectivity index (χ3n) is 10.0. The van der Waals surface area contributed by atoms with Gasteiger partial charge < -0.3 is 25.0 Å². The summed E-state index contributed by atoms with van der Waals surface area (Å²) in [5, 5.41) is 0.